The van der Waals surface area contributed by atoms with Crippen LogP contribution in [-0.2, 0) is 23.8 Å². The van der Waals surface area contributed by atoms with Gasteiger partial charge in [0.15, 0.2) is 0 Å². The molecular formula is C16H29NO8. The van der Waals surface area contributed by atoms with Crippen molar-refractivity contribution in [3.8, 4) is 0 Å². The van der Waals surface area contributed by atoms with Crippen molar-refractivity contribution < 1.29 is 39.1 Å². The number of hydrogen-bond acceptors (Lipinski definition) is 9. The number of aliphatic hydroxyl groups is 3. The minimum absolute atomic E-state index is 0.403. The van der Waals surface area contributed by atoms with Crippen LogP contribution in [-0.4, -0.2) is 65.2 Å². The number of rotatable bonds is 11. The molecule has 9 nitrogen and oxygen atoms in total. The van der Waals surface area contributed by atoms with Crippen LogP contribution in [0.25, 0.3) is 0 Å². The molecule has 2 unspecified atom stereocenters. The summed E-state index contributed by atoms with van der Waals surface area (Å²) in [6.45, 7) is 8.91. The molecule has 0 aromatic rings. The highest BCUT2D eigenvalue weighted by Gasteiger charge is 2.21. The van der Waals surface area contributed by atoms with E-state index in [9.17, 15) is 9.59 Å². The van der Waals surface area contributed by atoms with Crippen molar-refractivity contribution in [2.24, 2.45) is 5.73 Å². The van der Waals surface area contributed by atoms with Gasteiger partial charge < -0.3 is 35.3 Å². The largest absolute Gasteiger partial charge is 0.432 e. The molecule has 0 spiro atoms. The summed E-state index contributed by atoms with van der Waals surface area (Å²) in [7, 11) is 0. The van der Waals surface area contributed by atoms with Gasteiger partial charge >= 0.3 is 11.9 Å². The molecule has 0 aromatic carbocycles. The van der Waals surface area contributed by atoms with Gasteiger partial charge in [-0.25, -0.2) is 9.59 Å². The highest BCUT2D eigenvalue weighted by Crippen LogP contribution is 2.10. The van der Waals surface area contributed by atoms with Gasteiger partial charge in [0.2, 0.25) is 12.6 Å². The lowest BCUT2D eigenvalue weighted by molar-refractivity contribution is -0.234. The summed E-state index contributed by atoms with van der Waals surface area (Å²) in [6.07, 6.45) is 1.46. The Morgan fingerprint density at radius 3 is 1.44 bits per heavy atom. The number of ether oxygens (including phenoxy) is 3. The van der Waals surface area contributed by atoms with Crippen molar-refractivity contribution in [1.82, 2.24) is 0 Å². The van der Waals surface area contributed by atoms with E-state index in [4.69, 9.17) is 35.3 Å². The van der Waals surface area contributed by atoms with Gasteiger partial charge in [0.05, 0.1) is 25.4 Å². The van der Waals surface area contributed by atoms with E-state index in [1.807, 2.05) is 0 Å². The summed E-state index contributed by atoms with van der Waals surface area (Å²) in [5.74, 6) is -1.16. The summed E-state index contributed by atoms with van der Waals surface area (Å²) < 4.78 is 15.1. The van der Waals surface area contributed by atoms with Crippen molar-refractivity contribution in [2.75, 3.05) is 19.8 Å². The molecule has 25 heavy (non-hydrogen) atoms. The van der Waals surface area contributed by atoms with E-state index in [0.29, 0.717) is 12.8 Å². The van der Waals surface area contributed by atoms with Crippen LogP contribution in [0.1, 0.15) is 26.7 Å². The fourth-order valence-corrected chi connectivity index (χ4v) is 1.09. The summed E-state index contributed by atoms with van der Waals surface area (Å²) in [5, 5.41) is 25.0. The van der Waals surface area contributed by atoms with Crippen molar-refractivity contribution >= 4 is 11.9 Å². The molecule has 5 N–H and O–H groups in total. The third-order valence-electron chi connectivity index (χ3n) is 2.74. The standard InChI is InChI=1S/C12H18O5.C4H11NO3/c1-5-9(13)15-11(7-3)17-12(8-4)16-10(14)6-2;5-4(1-6,2-7)3-8/h5-6,11-12H,1-2,7-8H2,3-4H3;6-8H,1-3,5H2. The van der Waals surface area contributed by atoms with Crippen LogP contribution in [0, 0.1) is 0 Å². The molecule has 9 heteroatoms. The summed E-state index contributed by atoms with van der Waals surface area (Å²) >= 11 is 0. The van der Waals surface area contributed by atoms with E-state index in [0.717, 1.165) is 12.2 Å². The first-order valence-corrected chi connectivity index (χ1v) is 7.68. The molecule has 0 saturated heterocycles. The van der Waals surface area contributed by atoms with Crippen molar-refractivity contribution in [3.63, 3.8) is 0 Å². The number of aliphatic hydroxyl groups excluding tert-OH is 3. The number of nitrogens with two attached hydrogens (primary N) is 1. The molecule has 0 aromatic heterocycles. The second-order valence-electron chi connectivity index (χ2n) is 4.93. The fraction of sp³-hybridized carbons (Fsp3) is 0.625. The molecular weight excluding hydrogens is 334 g/mol. The van der Waals surface area contributed by atoms with Gasteiger partial charge in [-0.3, -0.25) is 0 Å². The van der Waals surface area contributed by atoms with Gasteiger partial charge in [0.25, 0.3) is 0 Å². The topological polar surface area (TPSA) is 149 Å². The Balaban J connectivity index is 0. The van der Waals surface area contributed by atoms with Crippen LogP contribution < -0.4 is 5.73 Å². The fourth-order valence-electron chi connectivity index (χ4n) is 1.09. The zero-order chi connectivity index (χ0) is 19.9. The van der Waals surface area contributed by atoms with Gasteiger partial charge in [0.1, 0.15) is 0 Å². The third kappa shape index (κ3) is 12.3. The smallest absolute Gasteiger partial charge is 0.332 e. The van der Waals surface area contributed by atoms with Crippen LogP contribution in [0.4, 0.5) is 0 Å². The molecule has 0 radical (unpaired) electrons. The molecule has 2 atom stereocenters. The lowest BCUT2D eigenvalue weighted by Gasteiger charge is -2.22. The van der Waals surface area contributed by atoms with Crippen LogP contribution in [0.15, 0.2) is 25.3 Å². The van der Waals surface area contributed by atoms with E-state index >= 15 is 0 Å². The first-order chi connectivity index (χ1) is 11.7. The predicted molar refractivity (Wildman–Crippen MR) is 90.0 cm³/mol. The summed E-state index contributed by atoms with van der Waals surface area (Å²) in [5.41, 5.74) is 3.94. The van der Waals surface area contributed by atoms with Crippen LogP contribution in [0.5, 0.6) is 0 Å². The molecule has 0 heterocycles. The lowest BCUT2D eigenvalue weighted by Crippen LogP contribution is -2.50. The SMILES string of the molecule is C=CC(=O)OC(CC)OC(CC)OC(=O)C=C.NC(CO)(CO)CO. The zero-order valence-corrected chi connectivity index (χ0v) is 14.7. The maximum atomic E-state index is 11.0. The van der Waals surface area contributed by atoms with Gasteiger partial charge in [-0.2, -0.15) is 0 Å². The Kier molecular flexibility index (Phi) is 14.8. The Hall–Kier alpha value is -1.78. The van der Waals surface area contributed by atoms with E-state index in [2.05, 4.69) is 13.2 Å². The quantitative estimate of drug-likeness (QED) is 0.218. The monoisotopic (exact) mass is 363 g/mol. The minimum atomic E-state index is -1.21. The molecule has 0 fully saturated rings. The molecule has 0 rings (SSSR count). The Labute approximate surface area is 147 Å². The van der Waals surface area contributed by atoms with Gasteiger partial charge in [-0.1, -0.05) is 27.0 Å². The molecule has 146 valence electrons. The van der Waals surface area contributed by atoms with E-state index < -0.39 is 49.9 Å². The zero-order valence-electron chi connectivity index (χ0n) is 14.7. The first-order valence-electron chi connectivity index (χ1n) is 7.68. The van der Waals surface area contributed by atoms with Crippen LogP contribution >= 0.6 is 0 Å². The second-order valence-corrected chi connectivity index (χ2v) is 4.93. The van der Waals surface area contributed by atoms with Crippen LogP contribution in [0.3, 0.4) is 0 Å². The summed E-state index contributed by atoms with van der Waals surface area (Å²) in [4.78, 5) is 22.0. The number of esters is 2. The van der Waals surface area contributed by atoms with Crippen molar-refractivity contribution in [2.45, 2.75) is 44.8 Å². The number of carbonyl (C=O) groups is 2. The molecule has 0 amide bonds. The van der Waals surface area contributed by atoms with Crippen molar-refractivity contribution in [1.29, 1.82) is 0 Å². The first kappa shape index (κ1) is 25.5. The normalized spacial score (nSPS) is 12.9. The van der Waals surface area contributed by atoms with E-state index in [-0.39, 0.29) is 0 Å². The molecule has 0 aliphatic carbocycles. The molecule has 0 saturated carbocycles. The highest BCUT2D eigenvalue weighted by atomic mass is 16.8. The van der Waals surface area contributed by atoms with Gasteiger partial charge in [-0.15, -0.1) is 0 Å². The molecule has 0 aliphatic rings. The second kappa shape index (κ2) is 14.6. The third-order valence-corrected chi connectivity index (χ3v) is 2.74. The number of carbonyl (C=O) groups excluding carboxylic acids is 2. The maximum Gasteiger partial charge on any atom is 0.332 e. The van der Waals surface area contributed by atoms with E-state index in [1.54, 1.807) is 13.8 Å². The predicted octanol–water partition coefficient (Wildman–Crippen LogP) is -0.406. The van der Waals surface area contributed by atoms with Crippen molar-refractivity contribution in [3.05, 3.63) is 25.3 Å². The molecule has 0 bridgehead atoms. The molecule has 0 aliphatic heterocycles. The van der Waals surface area contributed by atoms with Crippen LogP contribution in [0.2, 0.25) is 0 Å². The Morgan fingerprint density at radius 2 is 1.28 bits per heavy atom. The average molecular weight is 363 g/mol. The summed E-state index contributed by atoms with van der Waals surface area (Å²) in [6, 6.07) is 0. The van der Waals surface area contributed by atoms with Gasteiger partial charge in [0, 0.05) is 25.0 Å². The maximum absolute atomic E-state index is 11.0. The Morgan fingerprint density at radius 1 is 0.960 bits per heavy atom. The number of hydrogen-bond donors (Lipinski definition) is 4. The highest BCUT2D eigenvalue weighted by molar-refractivity contribution is 5.81. The average Bonchev–Trinajstić information content (AvgIpc) is 2.65. The van der Waals surface area contributed by atoms with Gasteiger partial charge in [-0.05, 0) is 0 Å². The minimum Gasteiger partial charge on any atom is -0.432 e. The van der Waals surface area contributed by atoms with E-state index in [1.165, 1.54) is 0 Å². The lowest BCUT2D eigenvalue weighted by atomic mass is 10.1. The Bertz CT molecular complexity index is 373.